The molecule has 67 heavy (non-hydrogen) atoms. The number of aliphatic carboxylic acids is 2. The second-order valence-corrected chi connectivity index (χ2v) is 18.3. The van der Waals surface area contributed by atoms with Crippen molar-refractivity contribution in [3.8, 4) is 0 Å². The first-order valence-electron chi connectivity index (χ1n) is 21.3. The predicted molar refractivity (Wildman–Crippen MR) is 239 cm³/mol. The molecule has 0 bridgehead atoms. The van der Waals surface area contributed by atoms with E-state index in [1.165, 1.54) is 0 Å². The highest BCUT2D eigenvalue weighted by molar-refractivity contribution is 8.77. The number of carbonyl (C=O) groups excluding carboxylic acids is 9. The van der Waals surface area contributed by atoms with E-state index in [2.05, 4.69) is 47.9 Å². The lowest BCUT2D eigenvalue weighted by Crippen LogP contribution is -2.57. The highest BCUT2D eigenvalue weighted by Crippen LogP contribution is 2.33. The smallest absolute Gasteiger partial charge is 0.319 e. The molecule has 1 unspecified atom stereocenters. The van der Waals surface area contributed by atoms with Crippen LogP contribution in [0, 0.1) is 17.2 Å². The number of aliphatic hydroxyl groups is 2. The summed E-state index contributed by atoms with van der Waals surface area (Å²) >= 11 is 0. The summed E-state index contributed by atoms with van der Waals surface area (Å²) in [6.07, 6.45) is -2.43. The zero-order valence-corrected chi connectivity index (χ0v) is 38.4. The fraction of sp³-hybridized carbons (Fsp3) is 0.684. The lowest BCUT2D eigenvalue weighted by Gasteiger charge is -2.25. The van der Waals surface area contributed by atoms with Gasteiger partial charge in [-0.3, -0.25) is 58.1 Å². The summed E-state index contributed by atoms with van der Waals surface area (Å²) in [5, 5.41) is 66.5. The van der Waals surface area contributed by atoms with Gasteiger partial charge in [0.05, 0.1) is 19.5 Å². The fourth-order valence-electron chi connectivity index (χ4n) is 6.93. The van der Waals surface area contributed by atoms with Crippen LogP contribution in [-0.4, -0.2) is 172 Å². The number of carboxylic acids is 2. The van der Waals surface area contributed by atoms with Crippen molar-refractivity contribution in [2.45, 2.75) is 113 Å². The molecular weight excluding hydrogens is 929 g/mol. The summed E-state index contributed by atoms with van der Waals surface area (Å²) in [4.78, 5) is 144. The Labute approximate surface area is 392 Å². The second kappa shape index (κ2) is 29.8. The van der Waals surface area contributed by atoms with Crippen molar-refractivity contribution in [3.05, 3.63) is 0 Å². The summed E-state index contributed by atoms with van der Waals surface area (Å²) in [6, 6.07) is -7.55. The molecule has 0 radical (unpaired) electrons. The maximum atomic E-state index is 13.6. The Balaban J connectivity index is 2.53. The van der Waals surface area contributed by atoms with E-state index in [1.807, 2.05) is 0 Å². The third-order valence-corrected chi connectivity index (χ3v) is 13.0. The number of nitrogens with one attached hydrogen (secondary N) is 10. The van der Waals surface area contributed by atoms with Crippen LogP contribution in [0.15, 0.2) is 0 Å². The average molecular weight is 991 g/mol. The van der Waals surface area contributed by atoms with Crippen molar-refractivity contribution in [2.75, 3.05) is 38.5 Å². The van der Waals surface area contributed by atoms with Crippen molar-refractivity contribution in [3.63, 3.8) is 0 Å². The zero-order valence-electron chi connectivity index (χ0n) is 36.8. The summed E-state index contributed by atoms with van der Waals surface area (Å²) in [5.41, 5.74) is 10.9. The largest absolute Gasteiger partial charge is 0.481 e. The van der Waals surface area contributed by atoms with E-state index in [-0.39, 0.29) is 56.9 Å². The number of unbranched alkanes of at least 4 members (excludes halogenated alkanes) is 1. The lowest BCUT2D eigenvalue weighted by atomic mass is 9.90. The molecule has 0 spiro atoms. The van der Waals surface area contributed by atoms with Crippen LogP contribution in [-0.2, 0) is 52.7 Å². The molecule has 0 aromatic carbocycles. The number of Topliss-reactive ketones (excluding diaryl/α,β-unsaturated/α-hetero) is 1. The van der Waals surface area contributed by atoms with Gasteiger partial charge in [0.15, 0.2) is 18.0 Å². The quantitative estimate of drug-likeness (QED) is 0.0253. The maximum Gasteiger partial charge on any atom is 0.319 e. The van der Waals surface area contributed by atoms with Crippen molar-refractivity contribution in [1.82, 2.24) is 47.9 Å². The van der Waals surface area contributed by atoms with Gasteiger partial charge in [-0.25, -0.2) is 0 Å². The number of ketones is 1. The molecule has 376 valence electrons. The number of guanidine groups is 1. The van der Waals surface area contributed by atoms with Gasteiger partial charge in [0.25, 0.3) is 0 Å². The number of carboxylic acid groups (broad SMARTS) is 2. The molecule has 0 aromatic heterocycles. The summed E-state index contributed by atoms with van der Waals surface area (Å²) in [6.45, 7) is -0.657. The molecule has 0 aromatic rings. The molecule has 2 fully saturated rings. The third kappa shape index (κ3) is 21.6. The van der Waals surface area contributed by atoms with E-state index in [0.717, 1.165) is 17.7 Å². The number of carbonyl (C=O) groups is 11. The van der Waals surface area contributed by atoms with Gasteiger partial charge >= 0.3 is 11.9 Å². The van der Waals surface area contributed by atoms with Gasteiger partial charge in [0.1, 0.15) is 35.5 Å². The van der Waals surface area contributed by atoms with Crippen LogP contribution >= 0.6 is 21.6 Å². The Bertz CT molecular complexity index is 1810. The molecule has 2 aliphatic rings. The minimum atomic E-state index is -2.15. The van der Waals surface area contributed by atoms with Crippen LogP contribution in [0.4, 0.5) is 0 Å². The maximum absolute atomic E-state index is 13.6. The number of aliphatic hydroxyl groups excluding tert-OH is 1. The van der Waals surface area contributed by atoms with Crippen LogP contribution < -0.4 is 59.3 Å². The number of hydrogen-bond donors (Lipinski definition) is 16. The number of amides is 8. The summed E-state index contributed by atoms with van der Waals surface area (Å²) in [5.74, 6) is -13.6. The molecule has 1 aliphatic heterocycles. The topological polar surface area (TPSA) is 453 Å². The lowest BCUT2D eigenvalue weighted by molar-refractivity contribution is -0.142. The monoisotopic (exact) mass is 990 g/mol. The molecule has 29 heteroatoms. The van der Waals surface area contributed by atoms with E-state index in [4.69, 9.17) is 16.9 Å². The molecule has 1 saturated carbocycles. The van der Waals surface area contributed by atoms with E-state index in [0.29, 0.717) is 30.1 Å². The van der Waals surface area contributed by atoms with E-state index >= 15 is 0 Å². The van der Waals surface area contributed by atoms with Crippen LogP contribution in [0.5, 0.6) is 0 Å². The fourth-order valence-corrected chi connectivity index (χ4v) is 9.36. The molecule has 1 heterocycles. The second-order valence-electron chi connectivity index (χ2n) is 15.6. The summed E-state index contributed by atoms with van der Waals surface area (Å²) in [7, 11) is 1.44. The standard InChI is InChI=1S/C38H62N12O15S2/c1-18(51)46-25-17-66-67-27(37(64)65)15-44-34(61)23(12-29(54)55)50-31(58)20-7-4-6-19(20)26(52)14-43-32(59)21(8-2-3-10-39)48-35(62)24(13-30(56)57)47-28(53)16-45-33(60)22(49-36(25)63)9-5-11-42-38(40)41/h19-25,27,30,56-57H,2-17,39H2,1H3,(H,43,59)(H,44,61)(H,45,60)(H,46,51)(H,47,53)(H,48,62)(H,49,63)(H,50,58)(H,54,55)(H,64,65)(H4,40,41,42)/t19?,20-,21+,22+,23+,24+,25+,27-/m1/s1. The van der Waals surface area contributed by atoms with E-state index < -0.39 is 151 Å². The van der Waals surface area contributed by atoms with Gasteiger partial charge in [-0.05, 0) is 51.5 Å². The van der Waals surface area contributed by atoms with Crippen molar-refractivity contribution in [2.24, 2.45) is 23.3 Å². The predicted octanol–water partition coefficient (Wildman–Crippen LogP) is -5.82. The van der Waals surface area contributed by atoms with Gasteiger partial charge in [-0.15, -0.1) is 0 Å². The Hall–Kier alpha value is -5.78. The summed E-state index contributed by atoms with van der Waals surface area (Å²) < 4.78 is 0. The van der Waals surface area contributed by atoms with Crippen LogP contribution in [0.2, 0.25) is 0 Å². The van der Waals surface area contributed by atoms with Gasteiger partial charge in [-0.1, -0.05) is 28.0 Å². The van der Waals surface area contributed by atoms with Crippen LogP contribution in [0.1, 0.15) is 71.1 Å². The van der Waals surface area contributed by atoms with Crippen LogP contribution in [0.3, 0.4) is 0 Å². The van der Waals surface area contributed by atoms with Gasteiger partial charge in [0.2, 0.25) is 47.3 Å². The zero-order chi connectivity index (χ0) is 50.2. The molecule has 1 aliphatic carbocycles. The molecule has 2 rings (SSSR count). The van der Waals surface area contributed by atoms with Gasteiger partial charge in [0, 0.05) is 44.0 Å². The first-order chi connectivity index (χ1) is 31.6. The Morgan fingerprint density at radius 1 is 0.761 bits per heavy atom. The Kier molecular flexibility index (Phi) is 25.5. The van der Waals surface area contributed by atoms with Crippen molar-refractivity contribution in [1.29, 1.82) is 5.41 Å². The molecule has 1 saturated heterocycles. The Morgan fingerprint density at radius 3 is 1.96 bits per heavy atom. The molecule has 27 nitrogen and oxygen atoms in total. The Morgan fingerprint density at radius 2 is 1.36 bits per heavy atom. The minimum Gasteiger partial charge on any atom is -0.481 e. The van der Waals surface area contributed by atoms with Crippen LogP contribution in [0.25, 0.3) is 0 Å². The normalized spacial score (nSPS) is 26.0. The highest BCUT2D eigenvalue weighted by Gasteiger charge is 2.40. The van der Waals surface area contributed by atoms with E-state index in [1.54, 1.807) is 0 Å². The number of fused-ring (bicyclic) bond motifs is 1. The SMILES string of the molecule is CC(=O)N[C@H]1CSS[C@@H](C(=O)O)CNC(=O)[C@H](CC(=O)O)NC(=O)[C@@H]2CCCC2C(=O)CNC(=O)[C@H](CCCCN)NC(=O)[C@H](CC(O)O)NC(=O)CNC(=O)[C@H](CCCNC(=N)N)NC1=O. The molecule has 8 atom stereocenters. The third-order valence-electron chi connectivity index (χ3n) is 10.3. The number of rotatable bonds is 14. The van der Waals surface area contributed by atoms with E-state index in [9.17, 15) is 73.2 Å². The average Bonchev–Trinajstić information content (AvgIpc) is 3.75. The first kappa shape index (κ1) is 57.3. The van der Waals surface area contributed by atoms with Crippen molar-refractivity contribution >= 4 is 92.5 Å². The number of nitrogens with two attached hydrogens (primary N) is 2. The van der Waals surface area contributed by atoms with Gasteiger partial charge < -0.3 is 79.7 Å². The molecule has 8 amide bonds. The first-order valence-corrected chi connectivity index (χ1v) is 23.7. The molecular formula is C38H62N12O15S2. The highest BCUT2D eigenvalue weighted by atomic mass is 33.1. The van der Waals surface area contributed by atoms with Crippen molar-refractivity contribution < 1.29 is 73.2 Å². The minimum absolute atomic E-state index is 0.0225. The molecule has 18 N–H and O–H groups in total. The van der Waals surface area contributed by atoms with Gasteiger partial charge in [-0.2, -0.15) is 0 Å². The number of hydrogen-bond acceptors (Lipinski definition) is 17.